The fourth-order valence-electron chi connectivity index (χ4n) is 3.30. The van der Waals surface area contributed by atoms with E-state index >= 15 is 0 Å². The smallest absolute Gasteiger partial charge is 0.466 e. The molecule has 230 valence electrons. The van der Waals surface area contributed by atoms with Gasteiger partial charge in [-0.15, -0.1) is 0 Å². The number of aliphatic hydroxyl groups is 3. The van der Waals surface area contributed by atoms with Gasteiger partial charge in [0.1, 0.15) is 41.5 Å². The minimum Gasteiger partial charge on any atom is -0.502 e. The zero-order valence-electron chi connectivity index (χ0n) is 22.1. The van der Waals surface area contributed by atoms with Crippen molar-refractivity contribution in [2.75, 3.05) is 27.1 Å². The van der Waals surface area contributed by atoms with Crippen molar-refractivity contribution in [3.8, 4) is 17.2 Å². The Bertz CT molecular complexity index is 1240. The average Bonchev–Trinajstić information content (AvgIpc) is 2.91. The molecule has 41 heavy (non-hydrogen) atoms. The molecular formula is C23H31NO14S3. The van der Waals surface area contributed by atoms with Crippen LogP contribution in [-0.4, -0.2) is 106 Å². The van der Waals surface area contributed by atoms with Gasteiger partial charge in [0.05, 0.1) is 14.2 Å². The Morgan fingerprint density at radius 3 is 2.34 bits per heavy atom. The van der Waals surface area contributed by atoms with Gasteiger partial charge in [0.15, 0.2) is 11.5 Å². The number of oxime groups is 1. The van der Waals surface area contributed by atoms with Crippen LogP contribution in [0.2, 0.25) is 0 Å². The third-order valence-electron chi connectivity index (χ3n) is 5.27. The van der Waals surface area contributed by atoms with Crippen molar-refractivity contribution in [3.63, 3.8) is 0 Å². The molecule has 0 aliphatic carbocycles. The minimum absolute atomic E-state index is 0.00358. The number of allylic oxidation sites excluding steroid dienone is 1. The first-order valence-corrected chi connectivity index (χ1v) is 15.5. The molecule has 0 bridgehead atoms. The number of hydrogen-bond donors (Lipinski definition) is 5. The van der Waals surface area contributed by atoms with Crippen molar-refractivity contribution in [1.82, 2.24) is 0 Å². The summed E-state index contributed by atoms with van der Waals surface area (Å²) in [5, 5.41) is 45.7. The van der Waals surface area contributed by atoms with E-state index in [1.54, 1.807) is 0 Å². The number of thioether (sulfide) groups is 1. The molecule has 2 rings (SSSR count). The third kappa shape index (κ3) is 11.2. The number of carbonyl (C=O) groups is 1. The monoisotopic (exact) mass is 641 g/mol. The summed E-state index contributed by atoms with van der Waals surface area (Å²) in [6, 6.07) is 2.88. The third-order valence-corrected chi connectivity index (χ3v) is 7.28. The number of nitrogens with zero attached hydrogens (tertiary/aromatic N) is 1. The largest absolute Gasteiger partial charge is 0.502 e. The maximum atomic E-state index is 12.3. The topological polar surface area (TPSA) is 228 Å². The number of phenolic OH excluding ortho intramolecular Hbond substituents is 1. The van der Waals surface area contributed by atoms with Crippen LogP contribution in [0.15, 0.2) is 34.8 Å². The highest BCUT2D eigenvalue weighted by atomic mass is 32.3. The van der Waals surface area contributed by atoms with E-state index in [-0.39, 0.29) is 35.1 Å². The molecule has 15 nitrogen and oxygen atoms in total. The van der Waals surface area contributed by atoms with E-state index in [1.807, 2.05) is 0 Å². The maximum Gasteiger partial charge on any atom is 0.466 e. The molecule has 0 radical (unpaired) electrons. The molecule has 0 aromatic heterocycles. The number of esters is 1. The Morgan fingerprint density at radius 1 is 1.15 bits per heavy atom. The first kappa shape index (κ1) is 34.5. The molecule has 1 aromatic carbocycles. The average molecular weight is 642 g/mol. The SMILES string of the molecule is COc1cc(C=CC(=O)OCC2OC(SC(CCC=CS(C)=O)=NOS(=O)(=O)O)C(O)C(O)C2O)cc(OC)c1O. The zero-order chi connectivity index (χ0) is 30.7. The molecule has 18 heteroatoms. The van der Waals surface area contributed by atoms with Crippen LogP contribution >= 0.6 is 11.8 Å². The molecule has 6 atom stereocenters. The Labute approximate surface area is 242 Å². The summed E-state index contributed by atoms with van der Waals surface area (Å²) in [5.41, 5.74) is -0.908. The van der Waals surface area contributed by atoms with Crippen LogP contribution in [0.25, 0.3) is 6.08 Å². The summed E-state index contributed by atoms with van der Waals surface area (Å²) in [5.74, 6) is -0.875. The molecule has 0 spiro atoms. The minimum atomic E-state index is -4.95. The van der Waals surface area contributed by atoms with Gasteiger partial charge in [-0.05, 0) is 35.6 Å². The van der Waals surface area contributed by atoms with Crippen LogP contribution in [-0.2, 0) is 39.8 Å². The summed E-state index contributed by atoms with van der Waals surface area (Å²) in [6.07, 6.45) is -0.850. The van der Waals surface area contributed by atoms with E-state index in [1.165, 1.54) is 50.2 Å². The summed E-state index contributed by atoms with van der Waals surface area (Å²) < 4.78 is 66.8. The molecule has 1 fully saturated rings. The van der Waals surface area contributed by atoms with Crippen LogP contribution in [0, 0.1) is 0 Å². The van der Waals surface area contributed by atoms with Gasteiger partial charge >= 0.3 is 16.4 Å². The molecule has 0 amide bonds. The number of phenols is 1. The van der Waals surface area contributed by atoms with Crippen LogP contribution in [0.1, 0.15) is 18.4 Å². The molecule has 1 heterocycles. The van der Waals surface area contributed by atoms with E-state index in [9.17, 15) is 37.8 Å². The summed E-state index contributed by atoms with van der Waals surface area (Å²) >= 11 is 0.630. The normalized spacial score (nSPS) is 24.4. The van der Waals surface area contributed by atoms with Gasteiger partial charge < -0.3 is 39.4 Å². The Kier molecular flexibility index (Phi) is 13.5. The van der Waals surface area contributed by atoms with E-state index < -0.39 is 63.6 Å². The fraction of sp³-hybridized carbons (Fsp3) is 0.478. The second-order valence-electron chi connectivity index (χ2n) is 8.27. The van der Waals surface area contributed by atoms with Gasteiger partial charge in [0.2, 0.25) is 5.75 Å². The van der Waals surface area contributed by atoms with Crippen LogP contribution in [0.3, 0.4) is 0 Å². The van der Waals surface area contributed by atoms with Crippen LogP contribution in [0.4, 0.5) is 0 Å². The lowest BCUT2D eigenvalue weighted by Crippen LogP contribution is -2.58. The zero-order valence-corrected chi connectivity index (χ0v) is 24.5. The fourth-order valence-corrected chi connectivity index (χ4v) is 5.02. The first-order valence-electron chi connectivity index (χ1n) is 11.6. The summed E-state index contributed by atoms with van der Waals surface area (Å²) in [4.78, 5) is 12.3. The van der Waals surface area contributed by atoms with Gasteiger partial charge in [-0.3, -0.25) is 8.76 Å². The molecule has 5 N–H and O–H groups in total. The predicted octanol–water partition coefficient (Wildman–Crippen LogP) is 0.312. The van der Waals surface area contributed by atoms with E-state index in [2.05, 4.69) is 9.44 Å². The number of rotatable bonds is 13. The highest BCUT2D eigenvalue weighted by Crippen LogP contribution is 2.37. The highest BCUT2D eigenvalue weighted by molar-refractivity contribution is 8.14. The van der Waals surface area contributed by atoms with Crippen molar-refractivity contribution in [1.29, 1.82) is 0 Å². The van der Waals surface area contributed by atoms with E-state index in [0.717, 1.165) is 6.08 Å². The quantitative estimate of drug-likeness (QED) is 0.0488. The van der Waals surface area contributed by atoms with Gasteiger partial charge in [0.25, 0.3) is 0 Å². The van der Waals surface area contributed by atoms with Gasteiger partial charge in [-0.25, -0.2) is 9.08 Å². The van der Waals surface area contributed by atoms with Crippen molar-refractivity contribution in [2.24, 2.45) is 5.16 Å². The number of methoxy groups -OCH3 is 2. The summed E-state index contributed by atoms with van der Waals surface area (Å²) in [7, 11) is -3.51. The molecule has 1 aliphatic heterocycles. The van der Waals surface area contributed by atoms with Crippen molar-refractivity contribution in [2.45, 2.75) is 42.7 Å². The number of hydrogen-bond acceptors (Lipinski definition) is 15. The van der Waals surface area contributed by atoms with E-state index in [0.29, 0.717) is 17.3 Å². The van der Waals surface area contributed by atoms with Crippen molar-refractivity contribution >= 4 is 50.0 Å². The highest BCUT2D eigenvalue weighted by Gasteiger charge is 2.45. The molecule has 1 saturated heterocycles. The number of carbonyl (C=O) groups excluding carboxylic acids is 1. The lowest BCUT2D eigenvalue weighted by molar-refractivity contribution is -0.209. The number of aromatic hydroxyl groups is 1. The first-order chi connectivity index (χ1) is 19.2. The number of aliphatic hydroxyl groups excluding tert-OH is 3. The predicted molar refractivity (Wildman–Crippen MR) is 148 cm³/mol. The maximum absolute atomic E-state index is 12.3. The van der Waals surface area contributed by atoms with E-state index in [4.69, 9.17) is 23.5 Å². The van der Waals surface area contributed by atoms with Crippen molar-refractivity contribution < 1.29 is 65.6 Å². The lowest BCUT2D eigenvalue weighted by Gasteiger charge is -2.39. The summed E-state index contributed by atoms with van der Waals surface area (Å²) in [6.45, 7) is -0.549. The van der Waals surface area contributed by atoms with Crippen LogP contribution in [0.5, 0.6) is 17.2 Å². The van der Waals surface area contributed by atoms with Crippen molar-refractivity contribution in [3.05, 3.63) is 35.3 Å². The van der Waals surface area contributed by atoms with Gasteiger partial charge in [-0.1, -0.05) is 23.0 Å². The molecule has 1 aromatic rings. The molecule has 0 saturated carbocycles. The second kappa shape index (κ2) is 16.1. The molecule has 6 unspecified atom stereocenters. The Hall–Kier alpha value is -2.71. The Morgan fingerprint density at radius 2 is 1.78 bits per heavy atom. The number of benzene rings is 1. The standard InChI is InChI=1S/C23H31NO14S3/c1-34-14-10-13(11-15(35-2)19(14)26)7-8-18(25)36-12-16-20(27)21(28)22(29)23(37-16)39-17(24-38-41(31,32)33)6-4-5-9-40(3)30/h5,7-11,16,20-23,26-29H,4,6,12H2,1-3H3,(H,31,32,33). The Balaban J connectivity index is 2.10. The second-order valence-corrected chi connectivity index (χ2v) is 11.7. The van der Waals surface area contributed by atoms with Gasteiger partial charge in [-0.2, -0.15) is 8.42 Å². The lowest BCUT2D eigenvalue weighted by atomic mass is 10.0. The molecule has 1 aliphatic rings. The van der Waals surface area contributed by atoms with Gasteiger partial charge in [0, 0.05) is 29.6 Å². The molecular weight excluding hydrogens is 610 g/mol. The number of ether oxygens (including phenoxy) is 4. The van der Waals surface area contributed by atoms with Crippen LogP contribution < -0.4 is 9.47 Å².